The highest BCUT2D eigenvalue weighted by molar-refractivity contribution is 5.59. The third kappa shape index (κ3) is 1.42. The summed E-state index contributed by atoms with van der Waals surface area (Å²) in [6.45, 7) is 0. The molecule has 1 saturated carbocycles. The van der Waals surface area contributed by atoms with Gasteiger partial charge in [0.1, 0.15) is 5.82 Å². The zero-order chi connectivity index (χ0) is 10.4. The van der Waals surface area contributed by atoms with Crippen molar-refractivity contribution in [2.24, 2.45) is 5.73 Å². The largest absolute Gasteiger partial charge is 0.381 e. The highest BCUT2D eigenvalue weighted by atomic mass is 19.1. The van der Waals surface area contributed by atoms with Crippen molar-refractivity contribution in [2.75, 3.05) is 5.32 Å². The molecule has 1 aliphatic carbocycles. The van der Waals surface area contributed by atoms with E-state index in [0.29, 0.717) is 12.0 Å². The molecule has 1 heterocycles. The lowest BCUT2D eigenvalue weighted by atomic mass is 9.80. The van der Waals surface area contributed by atoms with Gasteiger partial charge in [0.15, 0.2) is 0 Å². The minimum atomic E-state index is -0.143. The first-order valence-electron chi connectivity index (χ1n) is 5.55. The third-order valence-corrected chi connectivity index (χ3v) is 3.64. The summed E-state index contributed by atoms with van der Waals surface area (Å²) in [6, 6.07) is 5.77. The molecule has 3 rings (SSSR count). The van der Waals surface area contributed by atoms with Crippen LogP contribution in [0.25, 0.3) is 0 Å². The molecule has 1 aliphatic heterocycles. The van der Waals surface area contributed by atoms with Gasteiger partial charge in [0.2, 0.25) is 0 Å². The van der Waals surface area contributed by atoms with Crippen LogP contribution in [0.2, 0.25) is 0 Å². The van der Waals surface area contributed by atoms with Crippen molar-refractivity contribution in [3.05, 3.63) is 29.6 Å². The molecule has 80 valence electrons. The topological polar surface area (TPSA) is 38.0 Å². The van der Waals surface area contributed by atoms with Crippen molar-refractivity contribution in [1.82, 2.24) is 0 Å². The van der Waals surface area contributed by atoms with Crippen LogP contribution < -0.4 is 11.1 Å². The Labute approximate surface area is 88.7 Å². The van der Waals surface area contributed by atoms with E-state index in [2.05, 4.69) is 5.32 Å². The zero-order valence-electron chi connectivity index (χ0n) is 8.54. The fourth-order valence-electron chi connectivity index (χ4n) is 2.89. The second kappa shape index (κ2) is 3.20. The van der Waals surface area contributed by atoms with Crippen LogP contribution in [0.5, 0.6) is 0 Å². The number of hydrogen-bond acceptors (Lipinski definition) is 2. The Morgan fingerprint density at radius 1 is 1.33 bits per heavy atom. The first-order valence-corrected chi connectivity index (χ1v) is 5.55. The minimum absolute atomic E-state index is 0.143. The Kier molecular flexibility index (Phi) is 1.96. The van der Waals surface area contributed by atoms with Gasteiger partial charge >= 0.3 is 0 Å². The maximum Gasteiger partial charge on any atom is 0.123 e. The van der Waals surface area contributed by atoms with Crippen LogP contribution in [0, 0.1) is 5.82 Å². The Morgan fingerprint density at radius 2 is 2.20 bits per heavy atom. The van der Waals surface area contributed by atoms with Crippen molar-refractivity contribution in [1.29, 1.82) is 0 Å². The second-order valence-corrected chi connectivity index (χ2v) is 4.66. The molecular formula is C12H15FN2. The molecule has 1 aromatic carbocycles. The summed E-state index contributed by atoms with van der Waals surface area (Å²) in [7, 11) is 0. The van der Waals surface area contributed by atoms with Crippen LogP contribution in [-0.4, -0.2) is 12.1 Å². The van der Waals surface area contributed by atoms with Gasteiger partial charge in [0.25, 0.3) is 0 Å². The molecule has 0 bridgehead atoms. The van der Waals surface area contributed by atoms with Crippen LogP contribution in [0.4, 0.5) is 10.1 Å². The standard InChI is InChI=1S/C12H15FN2/c13-7-1-3-11-9(5-7)10-6-8(14)2-4-12(10)15-11/h1,3,5,8,10,12,15H,2,4,6,14H2. The normalized spacial score (nSPS) is 33.1. The first-order chi connectivity index (χ1) is 7.24. The molecule has 2 aliphatic rings. The van der Waals surface area contributed by atoms with E-state index in [0.717, 1.165) is 30.5 Å². The molecule has 0 amide bonds. The van der Waals surface area contributed by atoms with E-state index in [4.69, 9.17) is 5.73 Å². The van der Waals surface area contributed by atoms with Gasteiger partial charge in [-0.15, -0.1) is 0 Å². The first kappa shape index (κ1) is 9.16. The fourth-order valence-corrected chi connectivity index (χ4v) is 2.89. The predicted octanol–water partition coefficient (Wildman–Crippen LogP) is 2.21. The number of hydrogen-bond donors (Lipinski definition) is 2. The lowest BCUT2D eigenvalue weighted by Crippen LogP contribution is -2.35. The SMILES string of the molecule is NC1CCC2Nc3ccc(F)cc3C2C1. The summed E-state index contributed by atoms with van der Waals surface area (Å²) in [6.07, 6.45) is 3.15. The van der Waals surface area contributed by atoms with Crippen LogP contribution >= 0.6 is 0 Å². The van der Waals surface area contributed by atoms with E-state index in [9.17, 15) is 4.39 Å². The van der Waals surface area contributed by atoms with Crippen molar-refractivity contribution in [3.63, 3.8) is 0 Å². The Hall–Kier alpha value is -1.09. The molecule has 15 heavy (non-hydrogen) atoms. The smallest absolute Gasteiger partial charge is 0.123 e. The highest BCUT2D eigenvalue weighted by Crippen LogP contribution is 2.43. The van der Waals surface area contributed by atoms with Gasteiger partial charge in [-0.1, -0.05) is 0 Å². The van der Waals surface area contributed by atoms with Crippen molar-refractivity contribution in [3.8, 4) is 0 Å². The summed E-state index contributed by atoms with van der Waals surface area (Å²) in [4.78, 5) is 0. The quantitative estimate of drug-likeness (QED) is 0.683. The second-order valence-electron chi connectivity index (χ2n) is 4.66. The van der Waals surface area contributed by atoms with Crippen LogP contribution in [0.1, 0.15) is 30.7 Å². The van der Waals surface area contributed by atoms with E-state index in [1.54, 1.807) is 6.07 Å². The number of nitrogens with two attached hydrogens (primary N) is 1. The molecule has 3 N–H and O–H groups in total. The van der Waals surface area contributed by atoms with Gasteiger partial charge in [-0.2, -0.15) is 0 Å². The van der Waals surface area contributed by atoms with Crippen molar-refractivity contribution >= 4 is 5.69 Å². The molecule has 1 fully saturated rings. The summed E-state index contributed by atoms with van der Waals surface area (Å²) < 4.78 is 13.2. The summed E-state index contributed by atoms with van der Waals surface area (Å²) in [5, 5.41) is 3.46. The monoisotopic (exact) mass is 206 g/mol. The Balaban J connectivity index is 1.98. The summed E-state index contributed by atoms with van der Waals surface area (Å²) >= 11 is 0. The average molecular weight is 206 g/mol. The number of halogens is 1. The maximum atomic E-state index is 13.2. The van der Waals surface area contributed by atoms with E-state index in [1.165, 1.54) is 6.07 Å². The van der Waals surface area contributed by atoms with Gasteiger partial charge in [0, 0.05) is 23.7 Å². The van der Waals surface area contributed by atoms with Crippen LogP contribution in [0.3, 0.4) is 0 Å². The van der Waals surface area contributed by atoms with Crippen molar-refractivity contribution < 1.29 is 4.39 Å². The number of anilines is 1. The molecule has 0 spiro atoms. The fraction of sp³-hybridized carbons (Fsp3) is 0.500. The number of rotatable bonds is 0. The van der Waals surface area contributed by atoms with Gasteiger partial charge in [0.05, 0.1) is 0 Å². The lowest BCUT2D eigenvalue weighted by molar-refractivity contribution is 0.376. The molecule has 0 saturated heterocycles. The van der Waals surface area contributed by atoms with Gasteiger partial charge in [-0.25, -0.2) is 4.39 Å². The highest BCUT2D eigenvalue weighted by Gasteiger charge is 2.36. The van der Waals surface area contributed by atoms with Crippen molar-refractivity contribution in [2.45, 2.75) is 37.3 Å². The summed E-state index contributed by atoms with van der Waals surface area (Å²) in [5.41, 5.74) is 8.18. The molecule has 1 aromatic rings. The molecule has 0 aromatic heterocycles. The number of benzene rings is 1. The molecule has 3 unspecified atom stereocenters. The zero-order valence-corrected chi connectivity index (χ0v) is 8.54. The lowest BCUT2D eigenvalue weighted by Gasteiger charge is -2.29. The minimum Gasteiger partial charge on any atom is -0.381 e. The molecular weight excluding hydrogens is 191 g/mol. The van der Waals surface area contributed by atoms with Gasteiger partial charge in [-0.3, -0.25) is 0 Å². The van der Waals surface area contributed by atoms with Gasteiger partial charge in [-0.05, 0) is 43.0 Å². The van der Waals surface area contributed by atoms with E-state index in [-0.39, 0.29) is 11.9 Å². The molecule has 2 nitrogen and oxygen atoms in total. The molecule has 3 heteroatoms. The predicted molar refractivity (Wildman–Crippen MR) is 58.4 cm³/mol. The number of nitrogens with one attached hydrogen (secondary N) is 1. The summed E-state index contributed by atoms with van der Waals surface area (Å²) in [5.74, 6) is 0.273. The average Bonchev–Trinajstić information content (AvgIpc) is 2.56. The molecule has 0 radical (unpaired) electrons. The molecule has 3 atom stereocenters. The van der Waals surface area contributed by atoms with Gasteiger partial charge < -0.3 is 11.1 Å². The van der Waals surface area contributed by atoms with E-state index in [1.807, 2.05) is 6.07 Å². The van der Waals surface area contributed by atoms with Crippen LogP contribution in [0.15, 0.2) is 18.2 Å². The third-order valence-electron chi connectivity index (χ3n) is 3.64. The van der Waals surface area contributed by atoms with E-state index < -0.39 is 0 Å². The van der Waals surface area contributed by atoms with Crippen LogP contribution in [-0.2, 0) is 0 Å². The maximum absolute atomic E-state index is 13.2. The Bertz CT molecular complexity index is 391. The number of fused-ring (bicyclic) bond motifs is 3. The Morgan fingerprint density at radius 3 is 3.07 bits per heavy atom. The van der Waals surface area contributed by atoms with E-state index >= 15 is 0 Å².